The van der Waals surface area contributed by atoms with E-state index >= 15 is 0 Å². The Morgan fingerprint density at radius 3 is 2.52 bits per heavy atom. The minimum Gasteiger partial charge on any atom is -0.472 e. The monoisotopic (exact) mass is 344 g/mol. The van der Waals surface area contributed by atoms with Crippen LogP contribution in [0.1, 0.15) is 57.7 Å². The summed E-state index contributed by atoms with van der Waals surface area (Å²) < 4.78 is 31.8. The molecule has 2 aliphatic rings. The topological polar surface area (TPSA) is 60.3 Å². The van der Waals surface area contributed by atoms with Crippen LogP contribution in [0.25, 0.3) is 17.3 Å². The summed E-state index contributed by atoms with van der Waals surface area (Å²) in [5, 5.41) is 7.45. The van der Waals surface area contributed by atoms with Gasteiger partial charge >= 0.3 is 7.12 Å². The van der Waals surface area contributed by atoms with Crippen LogP contribution in [0.4, 0.5) is 4.39 Å². The first-order valence-electron chi connectivity index (χ1n) is 8.62. The lowest BCUT2D eigenvalue weighted by Crippen LogP contribution is -2.41. The first kappa shape index (κ1) is 16.6. The molecule has 2 aromatic heterocycles. The van der Waals surface area contributed by atoms with E-state index in [1.165, 1.54) is 6.08 Å². The lowest BCUT2D eigenvalue weighted by Gasteiger charge is -2.32. The summed E-state index contributed by atoms with van der Waals surface area (Å²) in [4.78, 5) is 0. The van der Waals surface area contributed by atoms with Gasteiger partial charge in [-0.25, -0.2) is 4.39 Å². The van der Waals surface area contributed by atoms with Crippen molar-refractivity contribution in [2.24, 2.45) is 0 Å². The molecule has 4 rings (SSSR count). The van der Waals surface area contributed by atoms with Crippen molar-refractivity contribution in [2.75, 3.05) is 0 Å². The van der Waals surface area contributed by atoms with Gasteiger partial charge in [0, 0.05) is 22.7 Å². The molecule has 0 radical (unpaired) electrons. The molecule has 3 heterocycles. The molecular weight excluding hydrogens is 322 g/mol. The predicted octanol–water partition coefficient (Wildman–Crippen LogP) is 4.49. The summed E-state index contributed by atoms with van der Waals surface area (Å²) in [7, 11) is -1.01. The van der Waals surface area contributed by atoms with Crippen molar-refractivity contribution in [1.29, 1.82) is 0 Å². The number of hydrogen-bond donors (Lipinski definition) is 1. The molecule has 1 N–H and O–H groups in total. The van der Waals surface area contributed by atoms with Crippen LogP contribution >= 0.6 is 0 Å². The van der Waals surface area contributed by atoms with E-state index in [-0.39, 0.29) is 0 Å². The van der Waals surface area contributed by atoms with Gasteiger partial charge in [-0.3, -0.25) is 5.10 Å². The highest BCUT2D eigenvalue weighted by Gasteiger charge is 2.53. The Morgan fingerprint density at radius 2 is 1.96 bits per heavy atom. The summed E-state index contributed by atoms with van der Waals surface area (Å²) >= 11 is 0. The molecule has 5 nitrogen and oxygen atoms in total. The molecule has 0 bridgehead atoms. The molecule has 0 unspecified atom stereocenters. The number of rotatable bonds is 4. The smallest absolute Gasteiger partial charge is 0.472 e. The average Bonchev–Trinajstić information content (AvgIpc) is 2.98. The molecule has 25 heavy (non-hydrogen) atoms. The summed E-state index contributed by atoms with van der Waals surface area (Å²) in [6.07, 6.45) is 6.86. The fourth-order valence-corrected chi connectivity index (χ4v) is 2.97. The number of hydrogen-bond acceptors (Lipinski definition) is 4. The van der Waals surface area contributed by atoms with E-state index in [1.54, 1.807) is 12.5 Å². The van der Waals surface area contributed by atoms with E-state index in [9.17, 15) is 4.39 Å². The quantitative estimate of drug-likeness (QED) is 0.831. The van der Waals surface area contributed by atoms with Gasteiger partial charge in [-0.1, -0.05) is 0 Å². The zero-order valence-electron chi connectivity index (χ0n) is 14.9. The van der Waals surface area contributed by atoms with Gasteiger partial charge < -0.3 is 13.7 Å². The highest BCUT2D eigenvalue weighted by atomic mass is 19.1. The summed E-state index contributed by atoms with van der Waals surface area (Å²) in [5.74, 6) is 0.408. The second-order valence-electron chi connectivity index (χ2n) is 7.80. The van der Waals surface area contributed by atoms with Gasteiger partial charge in [-0.05, 0) is 52.7 Å². The minimum atomic E-state index is -1.01. The molecule has 2 fully saturated rings. The minimum absolute atomic E-state index is 0.408. The second-order valence-corrected chi connectivity index (χ2v) is 7.80. The number of halogens is 1. The van der Waals surface area contributed by atoms with Crippen molar-refractivity contribution in [3.8, 4) is 11.3 Å². The van der Waals surface area contributed by atoms with Crippen LogP contribution in [-0.4, -0.2) is 28.5 Å². The van der Waals surface area contributed by atoms with Gasteiger partial charge in [-0.2, -0.15) is 5.10 Å². The number of aromatic amines is 1. The molecule has 0 aromatic carbocycles. The third kappa shape index (κ3) is 2.85. The fourth-order valence-electron chi connectivity index (χ4n) is 2.97. The number of nitrogens with one attached hydrogen (secondary N) is 1. The number of nitrogens with zero attached hydrogens (tertiary/aromatic N) is 1. The van der Waals surface area contributed by atoms with Gasteiger partial charge in [0.05, 0.1) is 23.7 Å². The van der Waals surface area contributed by atoms with Gasteiger partial charge in [-0.15, -0.1) is 0 Å². The van der Waals surface area contributed by atoms with Crippen molar-refractivity contribution in [1.82, 2.24) is 10.2 Å². The third-order valence-corrected chi connectivity index (χ3v) is 5.37. The average molecular weight is 344 g/mol. The lowest BCUT2D eigenvalue weighted by atomic mass is 9.86. The highest BCUT2D eigenvalue weighted by molar-refractivity contribution is 6.54. The van der Waals surface area contributed by atoms with Crippen LogP contribution in [0.3, 0.4) is 0 Å². The normalized spacial score (nSPS) is 22.6. The third-order valence-electron chi connectivity index (χ3n) is 5.37. The molecule has 1 aliphatic heterocycles. The van der Waals surface area contributed by atoms with Crippen molar-refractivity contribution < 1.29 is 18.1 Å². The molecule has 0 amide bonds. The van der Waals surface area contributed by atoms with Crippen LogP contribution in [0.5, 0.6) is 0 Å². The first-order valence-corrected chi connectivity index (χ1v) is 8.62. The number of H-pyrrole nitrogens is 1. The van der Waals surface area contributed by atoms with Gasteiger partial charge in [0.25, 0.3) is 0 Å². The van der Waals surface area contributed by atoms with Crippen molar-refractivity contribution in [3.05, 3.63) is 35.6 Å². The van der Waals surface area contributed by atoms with E-state index in [1.807, 2.05) is 33.8 Å². The maximum absolute atomic E-state index is 15.0. The Bertz CT molecular complexity index is 790. The lowest BCUT2D eigenvalue weighted by molar-refractivity contribution is 0.00578. The summed E-state index contributed by atoms with van der Waals surface area (Å²) in [6, 6.07) is 1.82. The summed E-state index contributed by atoms with van der Waals surface area (Å²) in [6.45, 7) is 7.63. The van der Waals surface area contributed by atoms with Gasteiger partial charge in [0.2, 0.25) is 0 Å². The maximum atomic E-state index is 15.0. The molecule has 1 aliphatic carbocycles. The van der Waals surface area contributed by atoms with E-state index < -0.39 is 24.0 Å². The van der Waals surface area contributed by atoms with E-state index in [2.05, 4.69) is 10.2 Å². The van der Waals surface area contributed by atoms with Crippen LogP contribution in [-0.2, 0) is 9.31 Å². The molecule has 1 saturated heterocycles. The van der Waals surface area contributed by atoms with Crippen LogP contribution < -0.4 is 0 Å². The largest absolute Gasteiger partial charge is 0.525 e. The molecule has 0 spiro atoms. The Labute approximate surface area is 146 Å². The molecule has 0 atom stereocenters. The van der Waals surface area contributed by atoms with Crippen molar-refractivity contribution >= 4 is 13.2 Å². The Hall–Kier alpha value is -1.86. The van der Waals surface area contributed by atoms with E-state index in [0.29, 0.717) is 11.6 Å². The van der Waals surface area contributed by atoms with Crippen molar-refractivity contribution in [3.63, 3.8) is 0 Å². The van der Waals surface area contributed by atoms with Gasteiger partial charge in [0.15, 0.2) is 0 Å². The molecule has 132 valence electrons. The molecular formula is C18H22BFN2O3. The van der Waals surface area contributed by atoms with Gasteiger partial charge in [0.1, 0.15) is 11.4 Å². The highest BCUT2D eigenvalue weighted by Crippen LogP contribution is 2.44. The zero-order chi connectivity index (χ0) is 17.8. The Kier molecular flexibility index (Phi) is 3.70. The van der Waals surface area contributed by atoms with E-state index in [4.69, 9.17) is 13.7 Å². The van der Waals surface area contributed by atoms with Crippen LogP contribution in [0.15, 0.2) is 28.7 Å². The fraction of sp³-hybridized carbons (Fsp3) is 0.500. The Morgan fingerprint density at radius 1 is 1.28 bits per heavy atom. The second kappa shape index (κ2) is 5.57. The number of aromatic nitrogens is 2. The predicted molar refractivity (Wildman–Crippen MR) is 93.4 cm³/mol. The first-order chi connectivity index (χ1) is 11.8. The summed E-state index contributed by atoms with van der Waals surface area (Å²) in [5.41, 5.74) is 1.60. The van der Waals surface area contributed by atoms with Crippen molar-refractivity contribution in [2.45, 2.75) is 57.7 Å². The number of furan rings is 1. The molecule has 7 heteroatoms. The standard InChI is InChI=1S/C18H22BFN2O3/c1-17(2)18(3,4)25-19(24-17)14(20)9-13-15(11-5-6-11)21-22-16(13)12-7-8-23-10-12/h7-11H,5-6H2,1-4H3,(H,21,22). The van der Waals surface area contributed by atoms with E-state index in [0.717, 1.165) is 29.7 Å². The molecule has 1 saturated carbocycles. The van der Waals surface area contributed by atoms with Crippen LogP contribution in [0, 0.1) is 0 Å². The Balaban J connectivity index is 1.70. The SMILES string of the molecule is CC1(C)OB(C(F)=Cc2c(-c3ccoc3)n[nH]c2C2CC2)OC1(C)C. The maximum Gasteiger partial charge on any atom is 0.525 e. The molecule has 2 aromatic rings. The zero-order valence-corrected chi connectivity index (χ0v) is 14.9. The van der Waals surface area contributed by atoms with Crippen LogP contribution in [0.2, 0.25) is 0 Å².